The van der Waals surface area contributed by atoms with Gasteiger partial charge in [0.25, 0.3) is 5.91 Å². The van der Waals surface area contributed by atoms with E-state index in [1.807, 2.05) is 32.0 Å². The monoisotopic (exact) mass is 318 g/mol. The fourth-order valence-electron chi connectivity index (χ4n) is 1.79. The van der Waals surface area contributed by atoms with E-state index in [1.54, 1.807) is 12.1 Å². The Kier molecular flexibility index (Phi) is 5.42. The van der Waals surface area contributed by atoms with Crippen LogP contribution in [0.5, 0.6) is 0 Å². The fourth-order valence-corrected chi connectivity index (χ4v) is 1.79. The number of methoxy groups -OCH3 is 1. The third-order valence-electron chi connectivity index (χ3n) is 2.86. The fraction of sp³-hybridized carbons (Fsp3) is 0.333. The van der Waals surface area contributed by atoms with Gasteiger partial charge in [-0.3, -0.25) is 4.79 Å². The molecule has 0 bridgehead atoms. The Morgan fingerprint density at radius 2 is 1.96 bits per heavy atom. The molecule has 2 aromatic rings. The van der Waals surface area contributed by atoms with Crippen molar-refractivity contribution in [3.05, 3.63) is 36.0 Å². The predicted octanol–water partition coefficient (Wildman–Crippen LogP) is 1.42. The molecule has 0 unspecified atom stereocenters. The lowest BCUT2D eigenvalue weighted by atomic mass is 10.3. The summed E-state index contributed by atoms with van der Waals surface area (Å²) in [5, 5.41) is 10.3. The van der Waals surface area contributed by atoms with Crippen molar-refractivity contribution in [2.45, 2.75) is 20.0 Å². The molecule has 0 aliphatic heterocycles. The summed E-state index contributed by atoms with van der Waals surface area (Å²) in [6.07, 6.45) is -0.0852. The molecule has 1 amide bonds. The zero-order valence-corrected chi connectivity index (χ0v) is 13.1. The Bertz CT molecular complexity index is 682. The zero-order chi connectivity index (χ0) is 16.8. The van der Waals surface area contributed by atoms with E-state index < -0.39 is 11.9 Å². The molecule has 0 fully saturated rings. The first-order valence-corrected chi connectivity index (χ1v) is 7.03. The minimum absolute atomic E-state index is 0.0748. The van der Waals surface area contributed by atoms with Gasteiger partial charge in [-0.25, -0.2) is 4.79 Å². The highest BCUT2D eigenvalue weighted by atomic mass is 16.5. The number of nitrogens with one attached hydrogen (secondary N) is 1. The molecule has 8 heteroatoms. The van der Waals surface area contributed by atoms with Gasteiger partial charge in [0, 0.05) is 0 Å². The van der Waals surface area contributed by atoms with Gasteiger partial charge in [0.2, 0.25) is 5.69 Å². The number of hydrogen-bond donors (Lipinski definition) is 1. The van der Waals surface area contributed by atoms with Crippen LogP contribution in [0.2, 0.25) is 0 Å². The number of amides is 1. The third-order valence-corrected chi connectivity index (χ3v) is 2.86. The summed E-state index contributed by atoms with van der Waals surface area (Å²) in [4.78, 5) is 23.8. The molecule has 0 atom stereocenters. The average Bonchev–Trinajstić information content (AvgIpc) is 2.96. The van der Waals surface area contributed by atoms with Crippen molar-refractivity contribution in [1.29, 1.82) is 0 Å². The molecule has 1 aromatic carbocycles. The molecule has 1 aromatic heterocycles. The van der Waals surface area contributed by atoms with Crippen LogP contribution < -0.4 is 5.32 Å². The van der Waals surface area contributed by atoms with Gasteiger partial charge >= 0.3 is 5.97 Å². The average molecular weight is 318 g/mol. The standard InChI is InChI=1S/C15H18N4O4/c1-10(2)23-9-12(20)16-14-13(15(21)22-3)17-18-19(14)11-7-5-4-6-8-11/h4-8,10H,9H2,1-3H3,(H,16,20). The van der Waals surface area contributed by atoms with E-state index in [9.17, 15) is 9.59 Å². The topological polar surface area (TPSA) is 95.3 Å². The maximum absolute atomic E-state index is 12.0. The zero-order valence-electron chi connectivity index (χ0n) is 13.1. The van der Waals surface area contributed by atoms with Crippen LogP contribution in [-0.2, 0) is 14.3 Å². The van der Waals surface area contributed by atoms with Gasteiger partial charge in [0.05, 0.1) is 18.9 Å². The summed E-state index contributed by atoms with van der Waals surface area (Å²) in [6, 6.07) is 9.01. The molecular formula is C15H18N4O4. The van der Waals surface area contributed by atoms with Crippen molar-refractivity contribution >= 4 is 17.7 Å². The van der Waals surface area contributed by atoms with Crippen LogP contribution in [0, 0.1) is 0 Å². The molecule has 8 nitrogen and oxygen atoms in total. The van der Waals surface area contributed by atoms with Crippen molar-refractivity contribution in [1.82, 2.24) is 15.0 Å². The van der Waals surface area contributed by atoms with Gasteiger partial charge in [-0.15, -0.1) is 5.10 Å². The third kappa shape index (κ3) is 4.13. The minimum Gasteiger partial charge on any atom is -0.464 e. The van der Waals surface area contributed by atoms with E-state index >= 15 is 0 Å². The number of anilines is 1. The summed E-state index contributed by atoms with van der Waals surface area (Å²) in [7, 11) is 1.23. The van der Waals surface area contributed by atoms with Crippen LogP contribution in [0.15, 0.2) is 30.3 Å². The molecule has 122 valence electrons. The number of hydrogen-bond acceptors (Lipinski definition) is 6. The van der Waals surface area contributed by atoms with Crippen LogP contribution in [0.25, 0.3) is 5.69 Å². The van der Waals surface area contributed by atoms with Crippen LogP contribution >= 0.6 is 0 Å². The number of nitrogens with zero attached hydrogens (tertiary/aromatic N) is 3. The highest BCUT2D eigenvalue weighted by molar-refractivity contribution is 5.99. The summed E-state index contributed by atoms with van der Waals surface area (Å²) < 4.78 is 11.3. The van der Waals surface area contributed by atoms with E-state index in [4.69, 9.17) is 4.74 Å². The number of para-hydroxylation sites is 1. The Morgan fingerprint density at radius 1 is 1.26 bits per heavy atom. The maximum Gasteiger partial charge on any atom is 0.362 e. The minimum atomic E-state index is -0.688. The number of carbonyl (C=O) groups excluding carboxylic acids is 2. The molecule has 23 heavy (non-hydrogen) atoms. The molecule has 0 aliphatic rings. The number of benzene rings is 1. The number of esters is 1. The van der Waals surface area contributed by atoms with Crippen LogP contribution in [0.4, 0.5) is 5.82 Å². The lowest BCUT2D eigenvalue weighted by Crippen LogP contribution is -2.23. The molecule has 0 aliphatic carbocycles. The quantitative estimate of drug-likeness (QED) is 0.809. The second-order valence-corrected chi connectivity index (χ2v) is 4.93. The molecule has 0 saturated carbocycles. The van der Waals surface area contributed by atoms with Crippen molar-refractivity contribution in [3.63, 3.8) is 0 Å². The Hall–Kier alpha value is -2.74. The van der Waals surface area contributed by atoms with Crippen molar-refractivity contribution in [3.8, 4) is 5.69 Å². The molecule has 1 heterocycles. The van der Waals surface area contributed by atoms with Gasteiger partial charge in [-0.2, -0.15) is 4.68 Å². The van der Waals surface area contributed by atoms with Crippen LogP contribution in [0.3, 0.4) is 0 Å². The first-order valence-electron chi connectivity index (χ1n) is 7.03. The SMILES string of the molecule is COC(=O)c1nnn(-c2ccccc2)c1NC(=O)COC(C)C. The molecule has 1 N–H and O–H groups in total. The van der Waals surface area contributed by atoms with Gasteiger partial charge in [-0.05, 0) is 26.0 Å². The van der Waals surface area contributed by atoms with Gasteiger partial charge < -0.3 is 14.8 Å². The number of ether oxygens (including phenoxy) is 2. The van der Waals surface area contributed by atoms with E-state index in [-0.39, 0.29) is 24.2 Å². The van der Waals surface area contributed by atoms with E-state index in [0.717, 1.165) is 0 Å². The summed E-state index contributed by atoms with van der Waals surface area (Å²) >= 11 is 0. The van der Waals surface area contributed by atoms with Crippen molar-refractivity contribution in [2.75, 3.05) is 19.0 Å². The Balaban J connectivity index is 2.32. The van der Waals surface area contributed by atoms with Crippen LogP contribution in [-0.4, -0.2) is 46.7 Å². The first-order chi connectivity index (χ1) is 11.0. The summed E-state index contributed by atoms with van der Waals surface area (Å²) in [5.41, 5.74) is 0.574. The lowest BCUT2D eigenvalue weighted by Gasteiger charge is -2.10. The molecule has 0 saturated heterocycles. The van der Waals surface area contributed by atoms with E-state index in [2.05, 4.69) is 20.4 Å². The van der Waals surface area contributed by atoms with Crippen molar-refractivity contribution in [2.24, 2.45) is 0 Å². The maximum atomic E-state index is 12.0. The summed E-state index contributed by atoms with van der Waals surface area (Å²) in [5.74, 6) is -0.962. The molecule has 2 rings (SSSR count). The summed E-state index contributed by atoms with van der Waals surface area (Å²) in [6.45, 7) is 3.50. The van der Waals surface area contributed by atoms with E-state index in [1.165, 1.54) is 11.8 Å². The Labute approximate surface area is 133 Å². The number of carbonyl (C=O) groups is 2. The lowest BCUT2D eigenvalue weighted by molar-refractivity contribution is -0.122. The predicted molar refractivity (Wildman–Crippen MR) is 82.4 cm³/mol. The first kappa shape index (κ1) is 16.6. The Morgan fingerprint density at radius 3 is 2.57 bits per heavy atom. The van der Waals surface area contributed by atoms with Crippen LogP contribution in [0.1, 0.15) is 24.3 Å². The van der Waals surface area contributed by atoms with Gasteiger partial charge in [0.1, 0.15) is 6.61 Å². The van der Waals surface area contributed by atoms with E-state index in [0.29, 0.717) is 5.69 Å². The second-order valence-electron chi connectivity index (χ2n) is 4.93. The second kappa shape index (κ2) is 7.50. The molecule has 0 spiro atoms. The number of rotatable bonds is 6. The number of aromatic nitrogens is 3. The molecular weight excluding hydrogens is 300 g/mol. The van der Waals surface area contributed by atoms with Crippen molar-refractivity contribution < 1.29 is 19.1 Å². The highest BCUT2D eigenvalue weighted by Gasteiger charge is 2.23. The smallest absolute Gasteiger partial charge is 0.362 e. The highest BCUT2D eigenvalue weighted by Crippen LogP contribution is 2.18. The normalized spacial score (nSPS) is 10.6. The largest absolute Gasteiger partial charge is 0.464 e. The van der Waals surface area contributed by atoms with Gasteiger partial charge in [-0.1, -0.05) is 23.4 Å². The van der Waals surface area contributed by atoms with Gasteiger partial charge in [0.15, 0.2) is 5.82 Å². The molecule has 0 radical (unpaired) electrons.